The second kappa shape index (κ2) is 9.23. The van der Waals surface area contributed by atoms with Gasteiger partial charge >= 0.3 is 0 Å². The quantitative estimate of drug-likeness (QED) is 0.837. The van der Waals surface area contributed by atoms with Gasteiger partial charge in [0.15, 0.2) is 0 Å². The first-order chi connectivity index (χ1) is 11.2. The van der Waals surface area contributed by atoms with Gasteiger partial charge in [0.2, 0.25) is 5.91 Å². The van der Waals surface area contributed by atoms with Gasteiger partial charge in [-0.15, -0.1) is 0 Å². The maximum absolute atomic E-state index is 12.2. The van der Waals surface area contributed by atoms with Crippen molar-refractivity contribution in [3.63, 3.8) is 0 Å². The molecule has 0 bridgehead atoms. The van der Waals surface area contributed by atoms with E-state index in [0.29, 0.717) is 6.04 Å². The summed E-state index contributed by atoms with van der Waals surface area (Å²) < 4.78 is 10.5. The van der Waals surface area contributed by atoms with Crippen molar-refractivity contribution >= 4 is 12.0 Å². The molecular formula is C19H27NO3. The van der Waals surface area contributed by atoms with E-state index in [-0.39, 0.29) is 5.91 Å². The standard InChI is InChI=1S/C19H27NO3/c1-22-17-11-12-18(23-2)15(14-17)10-13-19(21)20-16-8-6-4-3-5-7-9-16/h10-14,16H,3-9H2,1-2H3,(H,20,21)/b13-10+. The predicted octanol–water partition coefficient (Wildman–Crippen LogP) is 3.95. The van der Waals surface area contributed by atoms with Crippen LogP contribution >= 0.6 is 0 Å². The Labute approximate surface area is 138 Å². The highest BCUT2D eigenvalue weighted by atomic mass is 16.5. The van der Waals surface area contributed by atoms with Crippen LogP contribution < -0.4 is 14.8 Å². The van der Waals surface area contributed by atoms with Crippen LogP contribution in [0.25, 0.3) is 6.08 Å². The molecule has 1 aliphatic rings. The van der Waals surface area contributed by atoms with Crippen molar-refractivity contribution < 1.29 is 14.3 Å². The molecule has 2 rings (SSSR count). The molecule has 126 valence electrons. The van der Waals surface area contributed by atoms with Gasteiger partial charge in [-0.3, -0.25) is 4.79 Å². The Morgan fingerprint density at radius 2 is 1.78 bits per heavy atom. The van der Waals surface area contributed by atoms with Gasteiger partial charge in [0.25, 0.3) is 0 Å². The van der Waals surface area contributed by atoms with E-state index in [4.69, 9.17) is 9.47 Å². The fourth-order valence-corrected chi connectivity index (χ4v) is 2.98. The van der Waals surface area contributed by atoms with Crippen LogP contribution in [0.3, 0.4) is 0 Å². The molecule has 1 aromatic carbocycles. The van der Waals surface area contributed by atoms with Crippen LogP contribution in [0.1, 0.15) is 50.5 Å². The molecule has 1 saturated carbocycles. The Balaban J connectivity index is 1.97. The summed E-state index contributed by atoms with van der Waals surface area (Å²) in [6.07, 6.45) is 11.8. The van der Waals surface area contributed by atoms with Crippen molar-refractivity contribution in [2.45, 2.75) is 51.0 Å². The zero-order valence-electron chi connectivity index (χ0n) is 14.1. The molecule has 0 aliphatic heterocycles. The molecule has 4 nitrogen and oxygen atoms in total. The summed E-state index contributed by atoms with van der Waals surface area (Å²) >= 11 is 0. The summed E-state index contributed by atoms with van der Waals surface area (Å²) in [7, 11) is 3.24. The van der Waals surface area contributed by atoms with Crippen molar-refractivity contribution in [1.82, 2.24) is 5.32 Å². The van der Waals surface area contributed by atoms with Crippen LogP contribution in [-0.4, -0.2) is 26.2 Å². The minimum absolute atomic E-state index is 0.0413. The topological polar surface area (TPSA) is 47.6 Å². The highest BCUT2D eigenvalue weighted by Crippen LogP contribution is 2.25. The minimum atomic E-state index is -0.0413. The van der Waals surface area contributed by atoms with E-state index in [1.54, 1.807) is 26.4 Å². The average Bonchev–Trinajstić information content (AvgIpc) is 2.55. The second-order valence-corrected chi connectivity index (χ2v) is 5.99. The van der Waals surface area contributed by atoms with Crippen LogP contribution in [-0.2, 0) is 4.79 Å². The van der Waals surface area contributed by atoms with E-state index in [2.05, 4.69) is 5.32 Å². The predicted molar refractivity (Wildman–Crippen MR) is 92.8 cm³/mol. The number of methoxy groups -OCH3 is 2. The minimum Gasteiger partial charge on any atom is -0.497 e. The molecule has 4 heteroatoms. The van der Waals surface area contributed by atoms with Gasteiger partial charge < -0.3 is 14.8 Å². The van der Waals surface area contributed by atoms with Gasteiger partial charge in [-0.1, -0.05) is 32.1 Å². The lowest BCUT2D eigenvalue weighted by atomic mass is 9.97. The van der Waals surface area contributed by atoms with Crippen molar-refractivity contribution in [2.24, 2.45) is 0 Å². The van der Waals surface area contributed by atoms with E-state index < -0.39 is 0 Å². The SMILES string of the molecule is COc1ccc(OC)c(/C=C/C(=O)NC2CCCCCCC2)c1. The van der Waals surface area contributed by atoms with Crippen LogP contribution in [0.4, 0.5) is 0 Å². The monoisotopic (exact) mass is 317 g/mol. The summed E-state index contributed by atoms with van der Waals surface area (Å²) in [5.41, 5.74) is 0.833. The maximum atomic E-state index is 12.2. The summed E-state index contributed by atoms with van der Waals surface area (Å²) in [6.45, 7) is 0. The van der Waals surface area contributed by atoms with Gasteiger partial charge in [-0.2, -0.15) is 0 Å². The number of ether oxygens (including phenoxy) is 2. The number of carbonyl (C=O) groups is 1. The zero-order valence-corrected chi connectivity index (χ0v) is 14.1. The molecule has 1 N–H and O–H groups in total. The highest BCUT2D eigenvalue weighted by molar-refractivity contribution is 5.92. The Hall–Kier alpha value is -1.97. The number of hydrogen-bond donors (Lipinski definition) is 1. The van der Waals surface area contributed by atoms with Gasteiger partial charge in [0.05, 0.1) is 14.2 Å². The van der Waals surface area contributed by atoms with Crippen LogP contribution in [0.15, 0.2) is 24.3 Å². The molecule has 0 radical (unpaired) electrons. The molecule has 1 amide bonds. The maximum Gasteiger partial charge on any atom is 0.244 e. The Morgan fingerprint density at radius 3 is 2.43 bits per heavy atom. The van der Waals surface area contributed by atoms with E-state index in [1.165, 1.54) is 32.1 Å². The lowest BCUT2D eigenvalue weighted by Gasteiger charge is -2.20. The van der Waals surface area contributed by atoms with Crippen molar-refractivity contribution in [2.75, 3.05) is 14.2 Å². The molecule has 0 atom stereocenters. The fraction of sp³-hybridized carbons (Fsp3) is 0.526. The summed E-state index contributed by atoms with van der Waals surface area (Å²) in [5.74, 6) is 1.42. The van der Waals surface area contributed by atoms with Gasteiger partial charge in [-0.25, -0.2) is 0 Å². The van der Waals surface area contributed by atoms with Crippen molar-refractivity contribution in [3.8, 4) is 11.5 Å². The first-order valence-electron chi connectivity index (χ1n) is 8.43. The number of nitrogens with one attached hydrogen (secondary N) is 1. The molecule has 23 heavy (non-hydrogen) atoms. The average molecular weight is 317 g/mol. The molecule has 1 aliphatic carbocycles. The molecule has 1 fully saturated rings. The van der Waals surface area contributed by atoms with Gasteiger partial charge in [0, 0.05) is 17.7 Å². The number of benzene rings is 1. The van der Waals surface area contributed by atoms with E-state index >= 15 is 0 Å². The summed E-state index contributed by atoms with van der Waals surface area (Å²) in [6, 6.07) is 5.84. The second-order valence-electron chi connectivity index (χ2n) is 5.99. The van der Waals surface area contributed by atoms with Crippen molar-refractivity contribution in [3.05, 3.63) is 29.8 Å². The molecule has 0 heterocycles. The Bertz CT molecular complexity index is 531. The Morgan fingerprint density at radius 1 is 1.09 bits per heavy atom. The molecule has 0 aromatic heterocycles. The molecule has 0 unspecified atom stereocenters. The smallest absolute Gasteiger partial charge is 0.244 e. The molecule has 0 spiro atoms. The first kappa shape index (κ1) is 17.4. The molecular weight excluding hydrogens is 290 g/mol. The zero-order chi connectivity index (χ0) is 16.5. The number of amides is 1. The lowest BCUT2D eigenvalue weighted by molar-refractivity contribution is -0.117. The van der Waals surface area contributed by atoms with Gasteiger partial charge in [0.1, 0.15) is 11.5 Å². The van der Waals surface area contributed by atoms with E-state index in [0.717, 1.165) is 29.9 Å². The highest BCUT2D eigenvalue weighted by Gasteiger charge is 2.12. The van der Waals surface area contributed by atoms with E-state index in [1.807, 2.05) is 18.2 Å². The van der Waals surface area contributed by atoms with Gasteiger partial charge in [-0.05, 0) is 37.1 Å². The molecule has 1 aromatic rings. The largest absolute Gasteiger partial charge is 0.497 e. The normalized spacial score (nSPS) is 16.6. The number of hydrogen-bond acceptors (Lipinski definition) is 3. The lowest BCUT2D eigenvalue weighted by Crippen LogP contribution is -2.34. The third-order valence-electron chi connectivity index (χ3n) is 4.30. The number of rotatable bonds is 5. The first-order valence-corrected chi connectivity index (χ1v) is 8.43. The fourth-order valence-electron chi connectivity index (χ4n) is 2.98. The molecule has 0 saturated heterocycles. The van der Waals surface area contributed by atoms with Crippen LogP contribution in [0.5, 0.6) is 11.5 Å². The van der Waals surface area contributed by atoms with Crippen LogP contribution in [0.2, 0.25) is 0 Å². The third kappa shape index (κ3) is 5.62. The van der Waals surface area contributed by atoms with Crippen molar-refractivity contribution in [1.29, 1.82) is 0 Å². The Kier molecular flexibility index (Phi) is 6.98. The number of carbonyl (C=O) groups excluding carboxylic acids is 1. The van der Waals surface area contributed by atoms with Crippen LogP contribution in [0, 0.1) is 0 Å². The summed E-state index contributed by atoms with van der Waals surface area (Å²) in [4.78, 5) is 12.2. The third-order valence-corrected chi connectivity index (χ3v) is 4.30. The summed E-state index contributed by atoms with van der Waals surface area (Å²) in [5, 5.41) is 3.13. The van der Waals surface area contributed by atoms with E-state index in [9.17, 15) is 4.79 Å².